The van der Waals surface area contributed by atoms with Crippen LogP contribution in [0, 0.1) is 11.3 Å². The summed E-state index contributed by atoms with van der Waals surface area (Å²) in [5, 5.41) is 17.1. The molecule has 0 aliphatic carbocycles. The molecule has 1 aromatic rings. The Hall–Kier alpha value is -2.35. The summed E-state index contributed by atoms with van der Waals surface area (Å²) in [6, 6.07) is 3.45. The zero-order chi connectivity index (χ0) is 11.3. The number of carboxylic acid groups (broad SMARTS) is 1. The number of nitrogens with two attached hydrogens (primary N) is 1. The van der Waals surface area contributed by atoms with Crippen LogP contribution in [-0.2, 0) is 4.79 Å². The number of rotatable bonds is 3. The van der Waals surface area contributed by atoms with E-state index in [1.807, 2.05) is 6.07 Å². The molecular formula is C10H9N3O2. The van der Waals surface area contributed by atoms with Crippen molar-refractivity contribution >= 4 is 17.9 Å². The number of nitrogen functional groups attached to an aromatic ring is 1. The summed E-state index contributed by atoms with van der Waals surface area (Å²) >= 11 is 0. The number of nitrogens with zero attached hydrogens (tertiary/aromatic N) is 2. The van der Waals surface area contributed by atoms with Gasteiger partial charge in [-0.1, -0.05) is 12.2 Å². The number of aromatic nitrogens is 1. The second kappa shape index (κ2) is 4.77. The number of anilines is 1. The number of pyridine rings is 1. The molecule has 0 saturated carbocycles. The standard InChI is InChI=1S/C10H9N3O2/c11-5-8-4-7(6-13-10(8)12)2-1-3-9(14)15/h1-2,4,6H,3H2,(H2,12,13)(H,14,15). The lowest BCUT2D eigenvalue weighted by atomic mass is 10.2. The van der Waals surface area contributed by atoms with E-state index in [0.717, 1.165) is 0 Å². The zero-order valence-corrected chi connectivity index (χ0v) is 7.84. The number of aliphatic carboxylic acids is 1. The molecule has 76 valence electrons. The highest BCUT2D eigenvalue weighted by molar-refractivity contribution is 5.70. The molecule has 0 amide bonds. The van der Waals surface area contributed by atoms with Gasteiger partial charge in [0.1, 0.15) is 11.9 Å². The average molecular weight is 203 g/mol. The van der Waals surface area contributed by atoms with Gasteiger partial charge in [0, 0.05) is 6.20 Å². The molecule has 1 heterocycles. The lowest BCUT2D eigenvalue weighted by Gasteiger charge is -1.97. The first-order chi connectivity index (χ1) is 7.13. The molecule has 0 saturated heterocycles. The first-order valence-electron chi connectivity index (χ1n) is 4.17. The summed E-state index contributed by atoms with van der Waals surface area (Å²) in [5.74, 6) is -0.733. The average Bonchev–Trinajstić information content (AvgIpc) is 2.20. The summed E-state index contributed by atoms with van der Waals surface area (Å²) in [6.07, 6.45) is 4.48. The maximum atomic E-state index is 10.2. The van der Waals surface area contributed by atoms with Gasteiger partial charge in [0.25, 0.3) is 0 Å². The predicted molar refractivity (Wildman–Crippen MR) is 54.7 cm³/mol. The normalized spacial score (nSPS) is 10.1. The second-order valence-corrected chi connectivity index (χ2v) is 2.81. The van der Waals surface area contributed by atoms with Crippen LogP contribution < -0.4 is 5.73 Å². The molecule has 3 N–H and O–H groups in total. The van der Waals surface area contributed by atoms with E-state index in [4.69, 9.17) is 16.1 Å². The number of hydrogen-bond donors (Lipinski definition) is 2. The maximum absolute atomic E-state index is 10.2. The fraction of sp³-hybridized carbons (Fsp3) is 0.100. The Balaban J connectivity index is 2.84. The van der Waals surface area contributed by atoms with E-state index in [9.17, 15) is 4.79 Å². The van der Waals surface area contributed by atoms with Crippen molar-refractivity contribution in [1.82, 2.24) is 4.98 Å². The summed E-state index contributed by atoms with van der Waals surface area (Å²) in [6.45, 7) is 0. The molecule has 5 heteroatoms. The lowest BCUT2D eigenvalue weighted by Crippen LogP contribution is -1.94. The molecule has 0 unspecified atom stereocenters. The van der Waals surface area contributed by atoms with Gasteiger partial charge in [-0.25, -0.2) is 4.98 Å². The Morgan fingerprint density at radius 1 is 1.73 bits per heavy atom. The Morgan fingerprint density at radius 3 is 3.07 bits per heavy atom. The minimum absolute atomic E-state index is 0.0632. The van der Waals surface area contributed by atoms with E-state index in [1.165, 1.54) is 12.3 Å². The van der Waals surface area contributed by atoms with Gasteiger partial charge in [-0.15, -0.1) is 0 Å². The smallest absolute Gasteiger partial charge is 0.307 e. The molecule has 1 aromatic heterocycles. The van der Waals surface area contributed by atoms with E-state index < -0.39 is 5.97 Å². The van der Waals surface area contributed by atoms with Crippen LogP contribution in [0.5, 0.6) is 0 Å². The molecule has 0 bridgehead atoms. The Kier molecular flexibility index (Phi) is 3.41. The van der Waals surface area contributed by atoms with E-state index in [0.29, 0.717) is 5.56 Å². The van der Waals surface area contributed by atoms with Crippen LogP contribution in [0.4, 0.5) is 5.82 Å². The third-order valence-electron chi connectivity index (χ3n) is 1.66. The van der Waals surface area contributed by atoms with Crippen molar-refractivity contribution in [2.45, 2.75) is 6.42 Å². The lowest BCUT2D eigenvalue weighted by molar-refractivity contribution is -0.135. The Morgan fingerprint density at radius 2 is 2.47 bits per heavy atom. The van der Waals surface area contributed by atoms with Crippen molar-refractivity contribution in [3.05, 3.63) is 29.5 Å². The predicted octanol–water partition coefficient (Wildman–Crippen LogP) is 1.02. The van der Waals surface area contributed by atoms with Crippen molar-refractivity contribution in [1.29, 1.82) is 5.26 Å². The third-order valence-corrected chi connectivity index (χ3v) is 1.66. The van der Waals surface area contributed by atoms with Gasteiger partial charge in [0.05, 0.1) is 12.0 Å². The van der Waals surface area contributed by atoms with Crippen molar-refractivity contribution in [3.63, 3.8) is 0 Å². The summed E-state index contributed by atoms with van der Waals surface area (Å²) in [4.78, 5) is 14.0. The van der Waals surface area contributed by atoms with Crippen molar-refractivity contribution in [3.8, 4) is 6.07 Å². The van der Waals surface area contributed by atoms with Crippen molar-refractivity contribution < 1.29 is 9.90 Å². The largest absolute Gasteiger partial charge is 0.481 e. The number of carbonyl (C=O) groups is 1. The highest BCUT2D eigenvalue weighted by Crippen LogP contribution is 2.10. The fourth-order valence-electron chi connectivity index (χ4n) is 0.968. The summed E-state index contributed by atoms with van der Waals surface area (Å²) in [7, 11) is 0. The molecule has 0 spiro atoms. The van der Waals surface area contributed by atoms with Crippen LogP contribution in [0.15, 0.2) is 18.3 Å². The highest BCUT2D eigenvalue weighted by Gasteiger charge is 1.99. The van der Waals surface area contributed by atoms with Crippen LogP contribution >= 0.6 is 0 Å². The topological polar surface area (TPSA) is 100 Å². The second-order valence-electron chi connectivity index (χ2n) is 2.81. The Labute approximate surface area is 86.5 Å². The van der Waals surface area contributed by atoms with Crippen LogP contribution in [0.3, 0.4) is 0 Å². The van der Waals surface area contributed by atoms with Gasteiger partial charge in [-0.3, -0.25) is 4.79 Å². The monoisotopic (exact) mass is 203 g/mol. The fourth-order valence-corrected chi connectivity index (χ4v) is 0.968. The first-order valence-corrected chi connectivity index (χ1v) is 4.17. The molecule has 0 fully saturated rings. The molecule has 0 atom stereocenters. The minimum Gasteiger partial charge on any atom is -0.481 e. The van der Waals surface area contributed by atoms with Crippen LogP contribution in [0.1, 0.15) is 17.5 Å². The molecule has 0 aliphatic heterocycles. The number of hydrogen-bond acceptors (Lipinski definition) is 4. The van der Waals surface area contributed by atoms with Gasteiger partial charge in [0.15, 0.2) is 0 Å². The number of nitriles is 1. The quantitative estimate of drug-likeness (QED) is 0.763. The van der Waals surface area contributed by atoms with Gasteiger partial charge in [0.2, 0.25) is 0 Å². The van der Waals surface area contributed by atoms with E-state index in [1.54, 1.807) is 12.1 Å². The third kappa shape index (κ3) is 3.12. The highest BCUT2D eigenvalue weighted by atomic mass is 16.4. The molecule has 0 aliphatic rings. The molecule has 1 rings (SSSR count). The molecule has 0 aromatic carbocycles. The van der Waals surface area contributed by atoms with Crippen molar-refractivity contribution in [2.75, 3.05) is 5.73 Å². The van der Waals surface area contributed by atoms with Gasteiger partial charge < -0.3 is 10.8 Å². The SMILES string of the molecule is N#Cc1cc(C=CCC(=O)O)cnc1N. The molecule has 0 radical (unpaired) electrons. The summed E-state index contributed by atoms with van der Waals surface area (Å²) in [5.41, 5.74) is 6.36. The summed E-state index contributed by atoms with van der Waals surface area (Å²) < 4.78 is 0. The van der Waals surface area contributed by atoms with Crippen LogP contribution in [0.2, 0.25) is 0 Å². The minimum atomic E-state index is -0.907. The molecule has 15 heavy (non-hydrogen) atoms. The van der Waals surface area contributed by atoms with Crippen LogP contribution in [-0.4, -0.2) is 16.1 Å². The van der Waals surface area contributed by atoms with E-state index >= 15 is 0 Å². The van der Waals surface area contributed by atoms with Gasteiger partial charge >= 0.3 is 5.97 Å². The maximum Gasteiger partial charge on any atom is 0.307 e. The van der Waals surface area contributed by atoms with Crippen LogP contribution in [0.25, 0.3) is 6.08 Å². The van der Waals surface area contributed by atoms with Crippen molar-refractivity contribution in [2.24, 2.45) is 0 Å². The van der Waals surface area contributed by atoms with Gasteiger partial charge in [-0.2, -0.15) is 5.26 Å². The van der Waals surface area contributed by atoms with E-state index in [-0.39, 0.29) is 17.8 Å². The first kappa shape index (κ1) is 10.7. The molecular weight excluding hydrogens is 194 g/mol. The Bertz CT molecular complexity index is 446. The van der Waals surface area contributed by atoms with E-state index in [2.05, 4.69) is 4.98 Å². The molecule has 5 nitrogen and oxygen atoms in total. The zero-order valence-electron chi connectivity index (χ0n) is 7.84. The number of carboxylic acids is 1. The van der Waals surface area contributed by atoms with Gasteiger partial charge in [-0.05, 0) is 11.6 Å².